The number of benzene rings is 1. The maximum atomic E-state index is 10.3. The van der Waals surface area contributed by atoms with E-state index in [-0.39, 0.29) is 0 Å². The Kier molecular flexibility index (Phi) is 3.65. The number of aryl methyl sites for hydroxylation is 1. The molecule has 1 N–H and O–H groups in total. The second-order valence-corrected chi connectivity index (χ2v) is 5.21. The second kappa shape index (κ2) is 5.59. The van der Waals surface area contributed by atoms with Gasteiger partial charge in [-0.25, -0.2) is 0 Å². The van der Waals surface area contributed by atoms with Crippen molar-refractivity contribution in [2.75, 3.05) is 6.61 Å². The summed E-state index contributed by atoms with van der Waals surface area (Å²) in [5, 5.41) is 10.3. The Bertz CT molecular complexity index is 583. The first kappa shape index (κ1) is 13.1. The molecule has 0 amide bonds. The van der Waals surface area contributed by atoms with Gasteiger partial charge in [-0.1, -0.05) is 18.2 Å². The third-order valence-corrected chi connectivity index (χ3v) is 3.73. The first-order chi connectivity index (χ1) is 9.74. The fraction of sp³-hybridized carbons (Fsp3) is 0.375. The Balaban J connectivity index is 1.77. The van der Waals surface area contributed by atoms with Gasteiger partial charge in [0.25, 0.3) is 0 Å². The van der Waals surface area contributed by atoms with Crippen molar-refractivity contribution in [2.24, 2.45) is 0 Å². The number of hydrogen-bond donors (Lipinski definition) is 1. The first-order valence-electron chi connectivity index (χ1n) is 6.92. The predicted molar refractivity (Wildman–Crippen MR) is 75.6 cm³/mol. The lowest BCUT2D eigenvalue weighted by Crippen LogP contribution is -2.17. The number of para-hydroxylation sites is 1. The summed E-state index contributed by atoms with van der Waals surface area (Å²) < 4.78 is 5.65. The van der Waals surface area contributed by atoms with Gasteiger partial charge in [0.1, 0.15) is 5.75 Å². The van der Waals surface area contributed by atoms with Gasteiger partial charge in [0.05, 0.1) is 30.3 Å². The standard InChI is InChI=1S/C16H18N2O2/c1-11-9-18-14(10-17-11)15(19)8-12-6-7-20-16-5-3-2-4-13(12)16/h2-5,9-10,12,15,19H,6-8H2,1H3. The largest absolute Gasteiger partial charge is 0.493 e. The molecular weight excluding hydrogens is 252 g/mol. The van der Waals surface area contributed by atoms with Crippen LogP contribution in [0.4, 0.5) is 0 Å². The number of nitrogens with zero attached hydrogens (tertiary/aromatic N) is 2. The molecule has 2 atom stereocenters. The molecule has 2 heterocycles. The number of aliphatic hydroxyl groups excluding tert-OH is 1. The van der Waals surface area contributed by atoms with E-state index in [0.29, 0.717) is 24.6 Å². The SMILES string of the molecule is Cc1cnc(C(O)CC2CCOc3ccccc32)cn1. The molecule has 2 aromatic rings. The third kappa shape index (κ3) is 2.65. The van der Waals surface area contributed by atoms with Crippen LogP contribution in [0.15, 0.2) is 36.7 Å². The molecule has 0 spiro atoms. The van der Waals surface area contributed by atoms with E-state index in [1.54, 1.807) is 12.4 Å². The summed E-state index contributed by atoms with van der Waals surface area (Å²) in [5.74, 6) is 1.24. The predicted octanol–water partition coefficient (Wildman–Crippen LogP) is 2.77. The number of hydrogen-bond acceptors (Lipinski definition) is 4. The zero-order valence-electron chi connectivity index (χ0n) is 11.5. The molecule has 0 bridgehead atoms. The topological polar surface area (TPSA) is 55.2 Å². The molecule has 3 rings (SSSR count). The van der Waals surface area contributed by atoms with E-state index in [4.69, 9.17) is 4.74 Å². The Labute approximate surface area is 118 Å². The lowest BCUT2D eigenvalue weighted by molar-refractivity contribution is 0.140. The normalized spacial score (nSPS) is 19.0. The van der Waals surface area contributed by atoms with E-state index in [9.17, 15) is 5.11 Å². The van der Waals surface area contributed by atoms with Crippen LogP contribution in [0.25, 0.3) is 0 Å². The molecule has 0 saturated heterocycles. The zero-order chi connectivity index (χ0) is 13.9. The number of ether oxygens (including phenoxy) is 1. The molecule has 4 heteroatoms. The molecule has 1 aliphatic rings. The fourth-order valence-corrected chi connectivity index (χ4v) is 2.63. The molecule has 0 radical (unpaired) electrons. The van der Waals surface area contributed by atoms with Gasteiger partial charge in [-0.3, -0.25) is 9.97 Å². The van der Waals surface area contributed by atoms with Crippen LogP contribution in [0, 0.1) is 6.92 Å². The van der Waals surface area contributed by atoms with Gasteiger partial charge in [-0.05, 0) is 37.3 Å². The minimum Gasteiger partial charge on any atom is -0.493 e. The minimum absolute atomic E-state index is 0.304. The van der Waals surface area contributed by atoms with Gasteiger partial charge in [0.15, 0.2) is 0 Å². The van der Waals surface area contributed by atoms with Gasteiger partial charge in [0.2, 0.25) is 0 Å². The molecule has 1 aromatic heterocycles. The molecule has 20 heavy (non-hydrogen) atoms. The van der Waals surface area contributed by atoms with Crippen LogP contribution < -0.4 is 4.74 Å². The number of aromatic nitrogens is 2. The molecule has 0 fully saturated rings. The molecule has 2 unspecified atom stereocenters. The average molecular weight is 270 g/mol. The van der Waals surface area contributed by atoms with E-state index in [1.165, 1.54) is 5.56 Å². The van der Waals surface area contributed by atoms with Crippen LogP contribution in [0.5, 0.6) is 5.75 Å². The molecule has 0 aliphatic carbocycles. The van der Waals surface area contributed by atoms with Crippen LogP contribution in [0.3, 0.4) is 0 Å². The Hall–Kier alpha value is -1.94. The van der Waals surface area contributed by atoms with Crippen LogP contribution in [0.2, 0.25) is 0 Å². The number of rotatable bonds is 3. The van der Waals surface area contributed by atoms with Crippen LogP contribution in [-0.4, -0.2) is 21.7 Å². The highest BCUT2D eigenvalue weighted by Crippen LogP contribution is 2.38. The lowest BCUT2D eigenvalue weighted by Gasteiger charge is -2.27. The number of fused-ring (bicyclic) bond motifs is 1. The van der Waals surface area contributed by atoms with E-state index in [2.05, 4.69) is 16.0 Å². The van der Waals surface area contributed by atoms with Gasteiger partial charge in [0, 0.05) is 6.20 Å². The smallest absolute Gasteiger partial charge is 0.122 e. The molecule has 104 valence electrons. The van der Waals surface area contributed by atoms with Crippen molar-refractivity contribution in [1.82, 2.24) is 9.97 Å². The summed E-state index contributed by atoms with van der Waals surface area (Å²) in [6.07, 6.45) is 4.34. The minimum atomic E-state index is -0.584. The maximum Gasteiger partial charge on any atom is 0.122 e. The summed E-state index contributed by atoms with van der Waals surface area (Å²) >= 11 is 0. The van der Waals surface area contributed by atoms with Crippen LogP contribution in [-0.2, 0) is 0 Å². The van der Waals surface area contributed by atoms with Gasteiger partial charge < -0.3 is 9.84 Å². The quantitative estimate of drug-likeness (QED) is 0.931. The highest BCUT2D eigenvalue weighted by molar-refractivity contribution is 5.37. The summed E-state index contributed by atoms with van der Waals surface area (Å²) in [6.45, 7) is 2.59. The van der Waals surface area contributed by atoms with Crippen molar-refractivity contribution in [3.63, 3.8) is 0 Å². The highest BCUT2D eigenvalue weighted by Gasteiger charge is 2.24. The van der Waals surface area contributed by atoms with Gasteiger partial charge in [-0.2, -0.15) is 0 Å². The van der Waals surface area contributed by atoms with Crippen molar-refractivity contribution in [1.29, 1.82) is 0 Å². The third-order valence-electron chi connectivity index (χ3n) is 3.73. The summed E-state index contributed by atoms with van der Waals surface area (Å²) in [4.78, 5) is 8.45. The monoisotopic (exact) mass is 270 g/mol. The van der Waals surface area contributed by atoms with Crippen molar-refractivity contribution in [3.8, 4) is 5.75 Å². The zero-order valence-corrected chi connectivity index (χ0v) is 11.5. The van der Waals surface area contributed by atoms with E-state index >= 15 is 0 Å². The summed E-state index contributed by atoms with van der Waals surface area (Å²) in [7, 11) is 0. The van der Waals surface area contributed by atoms with Crippen LogP contribution >= 0.6 is 0 Å². The Morgan fingerprint density at radius 3 is 2.95 bits per heavy atom. The van der Waals surface area contributed by atoms with Gasteiger partial charge >= 0.3 is 0 Å². The van der Waals surface area contributed by atoms with Crippen molar-refractivity contribution in [3.05, 3.63) is 53.6 Å². The van der Waals surface area contributed by atoms with Crippen molar-refractivity contribution in [2.45, 2.75) is 31.8 Å². The average Bonchev–Trinajstić information content (AvgIpc) is 2.48. The first-order valence-corrected chi connectivity index (χ1v) is 6.92. The van der Waals surface area contributed by atoms with Crippen LogP contribution in [0.1, 0.15) is 41.8 Å². The van der Waals surface area contributed by atoms with E-state index in [1.807, 2.05) is 25.1 Å². The molecule has 0 saturated carbocycles. The molecule has 1 aromatic carbocycles. The van der Waals surface area contributed by atoms with E-state index in [0.717, 1.165) is 17.9 Å². The molecule has 4 nitrogen and oxygen atoms in total. The second-order valence-electron chi connectivity index (χ2n) is 5.21. The van der Waals surface area contributed by atoms with Gasteiger partial charge in [-0.15, -0.1) is 0 Å². The Morgan fingerprint density at radius 2 is 2.15 bits per heavy atom. The fourth-order valence-electron chi connectivity index (χ4n) is 2.63. The Morgan fingerprint density at radius 1 is 1.30 bits per heavy atom. The lowest BCUT2D eigenvalue weighted by atomic mass is 9.87. The molecule has 1 aliphatic heterocycles. The van der Waals surface area contributed by atoms with Crippen molar-refractivity contribution >= 4 is 0 Å². The summed E-state index contributed by atoms with van der Waals surface area (Å²) in [5.41, 5.74) is 2.68. The molecular formula is C16H18N2O2. The van der Waals surface area contributed by atoms with E-state index < -0.39 is 6.10 Å². The van der Waals surface area contributed by atoms with Crippen molar-refractivity contribution < 1.29 is 9.84 Å². The maximum absolute atomic E-state index is 10.3. The highest BCUT2D eigenvalue weighted by atomic mass is 16.5. The number of aliphatic hydroxyl groups is 1. The summed E-state index contributed by atoms with van der Waals surface area (Å²) in [6, 6.07) is 8.05.